The summed E-state index contributed by atoms with van der Waals surface area (Å²) in [5, 5.41) is 2.73. The average Bonchev–Trinajstić information content (AvgIpc) is 2.49. The molecule has 1 unspecified atom stereocenters. The third-order valence-corrected chi connectivity index (χ3v) is 3.25. The third kappa shape index (κ3) is 3.37. The predicted octanol–water partition coefficient (Wildman–Crippen LogP) is 3.43. The van der Waals surface area contributed by atoms with Gasteiger partial charge in [-0.2, -0.15) is 0 Å². The van der Waals surface area contributed by atoms with Crippen molar-refractivity contribution in [1.29, 1.82) is 0 Å². The van der Waals surface area contributed by atoms with Crippen LogP contribution in [0, 0.1) is 11.6 Å². The highest BCUT2D eigenvalue weighted by Crippen LogP contribution is 2.20. The van der Waals surface area contributed by atoms with E-state index < -0.39 is 17.5 Å². The van der Waals surface area contributed by atoms with Crippen molar-refractivity contribution in [3.05, 3.63) is 65.2 Å². The Hall–Kier alpha value is -2.43. The van der Waals surface area contributed by atoms with Crippen LogP contribution >= 0.6 is 0 Å². The van der Waals surface area contributed by atoms with Crippen LogP contribution in [0.1, 0.15) is 35.3 Å². The first-order valence-corrected chi connectivity index (χ1v) is 6.63. The van der Waals surface area contributed by atoms with Gasteiger partial charge in [-0.15, -0.1) is 0 Å². The number of hydrogen-bond donors (Lipinski definition) is 2. The summed E-state index contributed by atoms with van der Waals surface area (Å²) in [6.07, 6.45) is 0.647. The molecular weight excluding hydrogens is 274 g/mol. The van der Waals surface area contributed by atoms with Gasteiger partial charge in [-0.3, -0.25) is 4.79 Å². The van der Waals surface area contributed by atoms with Gasteiger partial charge in [0.15, 0.2) is 0 Å². The van der Waals surface area contributed by atoms with Crippen molar-refractivity contribution in [2.75, 3.05) is 5.73 Å². The highest BCUT2D eigenvalue weighted by molar-refractivity contribution is 5.95. The SMILES string of the molecule is CCC(NC(=O)c1cc(N)c(F)cc1F)c1ccccc1. The van der Waals surface area contributed by atoms with Crippen molar-refractivity contribution in [2.24, 2.45) is 0 Å². The first-order chi connectivity index (χ1) is 10.0. The number of rotatable bonds is 4. The molecule has 0 aliphatic rings. The molecule has 0 saturated carbocycles. The van der Waals surface area contributed by atoms with Crippen LogP contribution in [0.25, 0.3) is 0 Å². The second-order valence-electron chi connectivity index (χ2n) is 4.70. The highest BCUT2D eigenvalue weighted by Gasteiger charge is 2.18. The lowest BCUT2D eigenvalue weighted by molar-refractivity contribution is 0.0931. The van der Waals surface area contributed by atoms with Gasteiger partial charge in [-0.1, -0.05) is 37.3 Å². The Kier molecular flexibility index (Phi) is 4.52. The number of anilines is 1. The molecule has 0 radical (unpaired) electrons. The van der Waals surface area contributed by atoms with E-state index in [-0.39, 0.29) is 17.3 Å². The van der Waals surface area contributed by atoms with Crippen molar-refractivity contribution in [1.82, 2.24) is 5.32 Å². The minimum atomic E-state index is -0.929. The first kappa shape index (κ1) is 15.0. The summed E-state index contributed by atoms with van der Waals surface area (Å²) in [5.74, 6) is -2.42. The summed E-state index contributed by atoms with van der Waals surface area (Å²) in [4.78, 5) is 12.1. The van der Waals surface area contributed by atoms with Crippen LogP contribution in [-0.4, -0.2) is 5.91 Å². The largest absolute Gasteiger partial charge is 0.396 e. The topological polar surface area (TPSA) is 55.1 Å². The fourth-order valence-corrected chi connectivity index (χ4v) is 2.08. The highest BCUT2D eigenvalue weighted by atomic mass is 19.1. The molecule has 0 aliphatic heterocycles. The number of nitrogens with one attached hydrogen (secondary N) is 1. The molecule has 0 fully saturated rings. The van der Waals surface area contributed by atoms with Crippen molar-refractivity contribution in [3.63, 3.8) is 0 Å². The number of carbonyl (C=O) groups is 1. The maximum Gasteiger partial charge on any atom is 0.254 e. The molecular formula is C16H16F2N2O. The van der Waals surface area contributed by atoms with Crippen molar-refractivity contribution >= 4 is 11.6 Å². The van der Waals surface area contributed by atoms with E-state index in [4.69, 9.17) is 5.73 Å². The maximum absolute atomic E-state index is 13.7. The van der Waals surface area contributed by atoms with Crippen LogP contribution in [0.3, 0.4) is 0 Å². The first-order valence-electron chi connectivity index (χ1n) is 6.63. The van der Waals surface area contributed by atoms with Crippen LogP contribution < -0.4 is 11.1 Å². The molecule has 0 saturated heterocycles. The summed E-state index contributed by atoms with van der Waals surface area (Å²) in [5.41, 5.74) is 5.78. The Morgan fingerprint density at radius 2 is 1.86 bits per heavy atom. The van der Waals surface area contributed by atoms with E-state index in [1.807, 2.05) is 37.3 Å². The maximum atomic E-state index is 13.7. The lowest BCUT2D eigenvalue weighted by atomic mass is 10.0. The van der Waals surface area contributed by atoms with Gasteiger partial charge < -0.3 is 11.1 Å². The van der Waals surface area contributed by atoms with E-state index in [0.29, 0.717) is 12.5 Å². The summed E-state index contributed by atoms with van der Waals surface area (Å²) in [6, 6.07) is 10.7. The number of halogens is 2. The van der Waals surface area contributed by atoms with E-state index in [0.717, 1.165) is 11.6 Å². The van der Waals surface area contributed by atoms with Crippen LogP contribution in [0.2, 0.25) is 0 Å². The molecule has 1 amide bonds. The van der Waals surface area contributed by atoms with Gasteiger partial charge >= 0.3 is 0 Å². The van der Waals surface area contributed by atoms with E-state index in [9.17, 15) is 13.6 Å². The number of nitrogens with two attached hydrogens (primary N) is 1. The molecule has 5 heteroatoms. The minimum Gasteiger partial charge on any atom is -0.396 e. The fraction of sp³-hybridized carbons (Fsp3) is 0.188. The second-order valence-corrected chi connectivity index (χ2v) is 4.70. The van der Waals surface area contributed by atoms with E-state index in [2.05, 4.69) is 5.32 Å². The van der Waals surface area contributed by atoms with Gasteiger partial charge in [-0.05, 0) is 18.1 Å². The van der Waals surface area contributed by atoms with Gasteiger partial charge in [0, 0.05) is 6.07 Å². The summed E-state index contributed by atoms with van der Waals surface area (Å²) in [6.45, 7) is 1.91. The lowest BCUT2D eigenvalue weighted by Crippen LogP contribution is -2.29. The number of benzene rings is 2. The van der Waals surface area contributed by atoms with Gasteiger partial charge in [0.2, 0.25) is 0 Å². The van der Waals surface area contributed by atoms with E-state index >= 15 is 0 Å². The third-order valence-electron chi connectivity index (χ3n) is 3.25. The van der Waals surface area contributed by atoms with Crippen molar-refractivity contribution in [2.45, 2.75) is 19.4 Å². The monoisotopic (exact) mass is 290 g/mol. The average molecular weight is 290 g/mol. The summed E-state index contributed by atoms with van der Waals surface area (Å²) in [7, 11) is 0. The normalized spacial score (nSPS) is 12.0. The summed E-state index contributed by atoms with van der Waals surface area (Å²) >= 11 is 0. The quantitative estimate of drug-likeness (QED) is 0.848. The Morgan fingerprint density at radius 1 is 1.19 bits per heavy atom. The molecule has 2 aromatic carbocycles. The van der Waals surface area contributed by atoms with Crippen LogP contribution in [0.5, 0.6) is 0 Å². The number of hydrogen-bond acceptors (Lipinski definition) is 2. The van der Waals surface area contributed by atoms with Gasteiger partial charge in [0.25, 0.3) is 5.91 Å². The van der Waals surface area contributed by atoms with Crippen LogP contribution in [0.15, 0.2) is 42.5 Å². The molecule has 1 atom stereocenters. The standard InChI is InChI=1S/C16H16F2N2O/c1-2-15(10-6-4-3-5-7-10)20-16(21)11-8-14(19)13(18)9-12(11)17/h3-9,15H,2,19H2,1H3,(H,20,21). The van der Waals surface area contributed by atoms with E-state index in [1.54, 1.807) is 0 Å². The summed E-state index contributed by atoms with van der Waals surface area (Å²) < 4.78 is 26.8. The van der Waals surface area contributed by atoms with Crippen LogP contribution in [-0.2, 0) is 0 Å². The lowest BCUT2D eigenvalue weighted by Gasteiger charge is -2.18. The molecule has 2 aromatic rings. The van der Waals surface area contributed by atoms with Crippen molar-refractivity contribution in [3.8, 4) is 0 Å². The zero-order valence-corrected chi connectivity index (χ0v) is 11.6. The Labute approximate surface area is 121 Å². The number of nitrogen functional groups attached to an aromatic ring is 1. The molecule has 110 valence electrons. The molecule has 3 N–H and O–H groups in total. The molecule has 0 aliphatic carbocycles. The Balaban J connectivity index is 2.23. The second kappa shape index (κ2) is 6.35. The minimum absolute atomic E-state index is 0.246. The number of amides is 1. The van der Waals surface area contributed by atoms with Crippen molar-refractivity contribution < 1.29 is 13.6 Å². The zero-order valence-electron chi connectivity index (χ0n) is 11.6. The van der Waals surface area contributed by atoms with Gasteiger partial charge in [-0.25, -0.2) is 8.78 Å². The number of carbonyl (C=O) groups excluding carboxylic acids is 1. The fourth-order valence-electron chi connectivity index (χ4n) is 2.08. The van der Waals surface area contributed by atoms with Gasteiger partial charge in [0.1, 0.15) is 11.6 Å². The molecule has 0 bridgehead atoms. The van der Waals surface area contributed by atoms with Crippen LogP contribution in [0.4, 0.5) is 14.5 Å². The van der Waals surface area contributed by atoms with E-state index in [1.165, 1.54) is 0 Å². The molecule has 2 rings (SSSR count). The van der Waals surface area contributed by atoms with Gasteiger partial charge in [0.05, 0.1) is 17.3 Å². The Morgan fingerprint density at radius 3 is 2.48 bits per heavy atom. The smallest absolute Gasteiger partial charge is 0.254 e. The predicted molar refractivity (Wildman–Crippen MR) is 77.7 cm³/mol. The molecule has 0 aromatic heterocycles. The molecule has 0 spiro atoms. The molecule has 21 heavy (non-hydrogen) atoms. The molecule has 0 heterocycles. The zero-order chi connectivity index (χ0) is 15.4. The molecule has 3 nitrogen and oxygen atoms in total. The Bertz CT molecular complexity index is 644.